The molecule has 1 aliphatic carbocycles. The largest absolute Gasteiger partial charge is 0.340 e. The van der Waals surface area contributed by atoms with Gasteiger partial charge >= 0.3 is 0 Å². The van der Waals surface area contributed by atoms with E-state index in [0.29, 0.717) is 5.92 Å². The zero-order valence-electron chi connectivity index (χ0n) is 19.9. The molecule has 5 rings (SSSR count). The monoisotopic (exact) mass is 469 g/mol. The molecule has 0 spiro atoms. The lowest BCUT2D eigenvalue weighted by molar-refractivity contribution is -0.124. The maximum atomic E-state index is 13.9. The smallest absolute Gasteiger partial charge is 0.267 e. The van der Waals surface area contributed by atoms with Crippen molar-refractivity contribution < 1.29 is 4.79 Å². The van der Waals surface area contributed by atoms with Gasteiger partial charge in [0.25, 0.3) is 5.91 Å². The van der Waals surface area contributed by atoms with Gasteiger partial charge in [0.15, 0.2) is 5.17 Å². The number of aliphatic imine (C=N–C) groups is 1. The Labute approximate surface area is 206 Å². The summed E-state index contributed by atoms with van der Waals surface area (Å²) in [7, 11) is 0. The van der Waals surface area contributed by atoms with Crippen LogP contribution in [-0.4, -0.2) is 26.6 Å². The lowest BCUT2D eigenvalue weighted by Crippen LogP contribution is -2.44. The summed E-state index contributed by atoms with van der Waals surface area (Å²) < 4.78 is 2.26. The molecular weight excluding hydrogens is 438 g/mol. The molecule has 1 aromatic heterocycles. The fourth-order valence-corrected chi connectivity index (χ4v) is 6.31. The normalized spacial score (nSPS) is 23.4. The SMILES string of the molecule is C=CCn1c(C)c(/C=C2\SC(=Nc3ccccc3)N([C@@H]3CCCC[C@H]3C)C2=O)c2ccccc21. The number of carbonyl (C=O) groups excluding carboxylic acids is 1. The standard InChI is InChI=1S/C29H31N3OS/c1-4-18-31-21(3)24(23-15-9-11-17-26(23)31)19-27-28(33)32(25-16-10-8-12-20(25)2)29(34-27)30-22-13-6-5-7-14-22/h4-7,9,11,13-15,17,19-20,25H,1,8,10,12,16,18H2,2-3H3/b27-19-,30-29?/t20-,25-/m1/s1. The Hall–Kier alpha value is -3.05. The van der Waals surface area contributed by atoms with Crippen molar-refractivity contribution in [1.29, 1.82) is 0 Å². The van der Waals surface area contributed by atoms with Crippen molar-refractivity contribution in [1.82, 2.24) is 9.47 Å². The molecule has 2 aliphatic rings. The average Bonchev–Trinajstić information content (AvgIpc) is 3.29. The van der Waals surface area contributed by atoms with Crippen LogP contribution in [0.15, 0.2) is 77.1 Å². The van der Waals surface area contributed by atoms with Gasteiger partial charge in [0, 0.05) is 34.7 Å². The number of para-hydroxylation sites is 2. The molecule has 2 aromatic carbocycles. The van der Waals surface area contributed by atoms with E-state index in [1.54, 1.807) is 0 Å². The van der Waals surface area contributed by atoms with E-state index < -0.39 is 0 Å². The van der Waals surface area contributed by atoms with Crippen molar-refractivity contribution in [3.05, 3.63) is 83.4 Å². The van der Waals surface area contributed by atoms with Gasteiger partial charge in [0.2, 0.25) is 0 Å². The van der Waals surface area contributed by atoms with Crippen molar-refractivity contribution in [2.45, 2.75) is 52.1 Å². The van der Waals surface area contributed by atoms with Crippen LogP contribution in [0, 0.1) is 12.8 Å². The molecule has 3 aromatic rings. The zero-order chi connectivity index (χ0) is 23.7. The topological polar surface area (TPSA) is 37.6 Å². The number of rotatable bonds is 5. The van der Waals surface area contributed by atoms with Crippen LogP contribution in [-0.2, 0) is 11.3 Å². The molecular formula is C29H31N3OS. The van der Waals surface area contributed by atoms with E-state index in [1.165, 1.54) is 18.2 Å². The van der Waals surface area contributed by atoms with E-state index >= 15 is 0 Å². The lowest BCUT2D eigenvalue weighted by atomic mass is 9.85. The Morgan fingerprint density at radius 3 is 2.59 bits per heavy atom. The molecule has 2 atom stereocenters. The summed E-state index contributed by atoms with van der Waals surface area (Å²) in [5.74, 6) is 0.549. The number of hydrogen-bond donors (Lipinski definition) is 0. The highest BCUT2D eigenvalue weighted by Crippen LogP contribution is 2.41. The van der Waals surface area contributed by atoms with E-state index in [9.17, 15) is 4.79 Å². The number of amides is 1. The molecule has 1 amide bonds. The second-order valence-corrected chi connectivity index (χ2v) is 10.3. The summed E-state index contributed by atoms with van der Waals surface area (Å²) in [6.07, 6.45) is 8.59. The second-order valence-electron chi connectivity index (χ2n) is 9.26. The number of aromatic nitrogens is 1. The Morgan fingerprint density at radius 2 is 1.82 bits per heavy atom. The summed E-state index contributed by atoms with van der Waals surface area (Å²) in [5.41, 5.74) is 4.29. The molecule has 1 aliphatic heterocycles. The first-order valence-corrected chi connectivity index (χ1v) is 13.0. The molecule has 4 nitrogen and oxygen atoms in total. The summed E-state index contributed by atoms with van der Waals surface area (Å²) >= 11 is 1.51. The molecule has 34 heavy (non-hydrogen) atoms. The van der Waals surface area contributed by atoms with E-state index in [4.69, 9.17) is 4.99 Å². The number of thioether (sulfide) groups is 1. The van der Waals surface area contributed by atoms with E-state index in [1.807, 2.05) is 41.3 Å². The molecule has 5 heteroatoms. The minimum absolute atomic E-state index is 0.0818. The van der Waals surface area contributed by atoms with Gasteiger partial charge < -0.3 is 4.57 Å². The second kappa shape index (κ2) is 9.67. The quantitative estimate of drug-likeness (QED) is 0.290. The Balaban J connectivity index is 1.61. The molecule has 2 fully saturated rings. The number of allylic oxidation sites excluding steroid dienone is 1. The van der Waals surface area contributed by atoms with Crippen LogP contribution in [0.25, 0.3) is 17.0 Å². The zero-order valence-corrected chi connectivity index (χ0v) is 20.7. The fourth-order valence-electron chi connectivity index (χ4n) is 5.29. The predicted octanol–water partition coefficient (Wildman–Crippen LogP) is 7.32. The third-order valence-corrected chi connectivity index (χ3v) is 8.07. The van der Waals surface area contributed by atoms with Crippen LogP contribution >= 0.6 is 11.8 Å². The number of amidine groups is 1. The number of nitrogens with zero attached hydrogens (tertiary/aromatic N) is 3. The first-order valence-electron chi connectivity index (χ1n) is 12.1. The summed E-state index contributed by atoms with van der Waals surface area (Å²) in [6, 6.07) is 18.6. The third kappa shape index (κ3) is 4.14. The van der Waals surface area contributed by atoms with Crippen LogP contribution in [0.3, 0.4) is 0 Å². The van der Waals surface area contributed by atoms with E-state index in [2.05, 4.69) is 55.3 Å². The van der Waals surface area contributed by atoms with Gasteiger partial charge in [-0.2, -0.15) is 0 Å². The van der Waals surface area contributed by atoms with Crippen LogP contribution in [0.1, 0.15) is 43.9 Å². The summed E-state index contributed by atoms with van der Waals surface area (Å²) in [6.45, 7) is 9.07. The molecule has 0 N–H and O–H groups in total. The van der Waals surface area contributed by atoms with Crippen molar-refractivity contribution >= 4 is 45.5 Å². The van der Waals surface area contributed by atoms with E-state index in [0.717, 1.165) is 63.7 Å². The first-order chi connectivity index (χ1) is 16.6. The highest BCUT2D eigenvalue weighted by molar-refractivity contribution is 8.18. The molecule has 0 bridgehead atoms. The minimum atomic E-state index is 0.0818. The minimum Gasteiger partial charge on any atom is -0.340 e. The maximum absolute atomic E-state index is 13.9. The highest BCUT2D eigenvalue weighted by atomic mass is 32.2. The van der Waals surface area contributed by atoms with Crippen molar-refractivity contribution in [3.8, 4) is 0 Å². The van der Waals surface area contributed by atoms with Crippen LogP contribution < -0.4 is 0 Å². The lowest BCUT2D eigenvalue weighted by Gasteiger charge is -2.35. The van der Waals surface area contributed by atoms with Gasteiger partial charge in [0.1, 0.15) is 0 Å². The van der Waals surface area contributed by atoms with Gasteiger partial charge in [-0.1, -0.05) is 62.2 Å². The maximum Gasteiger partial charge on any atom is 0.267 e. The van der Waals surface area contributed by atoms with Gasteiger partial charge in [-0.05, 0) is 61.7 Å². The fraction of sp³-hybridized carbons (Fsp3) is 0.310. The van der Waals surface area contributed by atoms with Crippen LogP contribution in [0.4, 0.5) is 5.69 Å². The molecule has 174 valence electrons. The average molecular weight is 470 g/mol. The number of benzene rings is 2. The Morgan fingerprint density at radius 1 is 1.09 bits per heavy atom. The summed E-state index contributed by atoms with van der Waals surface area (Å²) in [5, 5.41) is 1.96. The Kier molecular flexibility index (Phi) is 6.46. The van der Waals surface area contributed by atoms with Crippen LogP contribution in [0.5, 0.6) is 0 Å². The number of fused-ring (bicyclic) bond motifs is 1. The van der Waals surface area contributed by atoms with E-state index in [-0.39, 0.29) is 11.9 Å². The summed E-state index contributed by atoms with van der Waals surface area (Å²) in [4.78, 5) is 21.5. The molecule has 1 saturated carbocycles. The van der Waals surface area contributed by atoms with Crippen molar-refractivity contribution in [3.63, 3.8) is 0 Å². The van der Waals surface area contributed by atoms with Crippen LogP contribution in [0.2, 0.25) is 0 Å². The highest BCUT2D eigenvalue weighted by Gasteiger charge is 2.41. The number of carbonyl (C=O) groups is 1. The third-order valence-electron chi connectivity index (χ3n) is 7.08. The van der Waals surface area contributed by atoms with Gasteiger partial charge in [0.05, 0.1) is 10.6 Å². The molecule has 1 saturated heterocycles. The van der Waals surface area contributed by atoms with Gasteiger partial charge in [-0.25, -0.2) is 4.99 Å². The first kappa shape index (κ1) is 22.7. The van der Waals surface area contributed by atoms with Crippen molar-refractivity contribution in [2.75, 3.05) is 0 Å². The Bertz CT molecular complexity index is 1290. The molecule has 2 heterocycles. The predicted molar refractivity (Wildman–Crippen MR) is 144 cm³/mol. The van der Waals surface area contributed by atoms with Crippen molar-refractivity contribution in [2.24, 2.45) is 10.9 Å². The molecule has 0 unspecified atom stereocenters. The molecule has 0 radical (unpaired) electrons. The van der Waals surface area contributed by atoms with Gasteiger partial charge in [-0.3, -0.25) is 9.69 Å². The van der Waals surface area contributed by atoms with Gasteiger partial charge in [-0.15, -0.1) is 6.58 Å². The number of hydrogen-bond acceptors (Lipinski definition) is 3.